The highest BCUT2D eigenvalue weighted by Crippen LogP contribution is 2.24. The molecular weight excluding hydrogens is 448 g/mol. The van der Waals surface area contributed by atoms with E-state index in [1.807, 2.05) is 44.2 Å². The summed E-state index contributed by atoms with van der Waals surface area (Å²) in [5.41, 5.74) is 4.02. The maximum Gasteiger partial charge on any atom is 0.262 e. The van der Waals surface area contributed by atoms with Crippen molar-refractivity contribution in [2.45, 2.75) is 20.4 Å². The molecule has 0 aliphatic rings. The maximum absolute atomic E-state index is 12.4. The molecule has 6 nitrogen and oxygen atoms in total. The topological polar surface area (TPSA) is 75.7 Å². The molecule has 8 heteroatoms. The standard InChI is InChI=1S/C24H25ClN2O4S/c1-17-4-7-19(8-5-17)15-27(32(3,29)30)21-10-12-22(13-11-21)31-16-24(28)26-23-14-20(25)9-6-18(23)2/h4-14H,15-16H2,1-3H3,(H,26,28). The first-order valence-electron chi connectivity index (χ1n) is 9.94. The molecule has 0 spiro atoms. The Kier molecular flexibility index (Phi) is 7.43. The van der Waals surface area contributed by atoms with Crippen molar-refractivity contribution in [1.29, 1.82) is 0 Å². The molecule has 1 N–H and O–H groups in total. The summed E-state index contributed by atoms with van der Waals surface area (Å²) in [6.45, 7) is 3.88. The van der Waals surface area contributed by atoms with Gasteiger partial charge in [-0.15, -0.1) is 0 Å². The van der Waals surface area contributed by atoms with Gasteiger partial charge in [-0.3, -0.25) is 9.10 Å². The summed E-state index contributed by atoms with van der Waals surface area (Å²) >= 11 is 5.97. The fraction of sp³-hybridized carbons (Fsp3) is 0.208. The number of sulfonamides is 1. The minimum Gasteiger partial charge on any atom is -0.484 e. The van der Waals surface area contributed by atoms with E-state index < -0.39 is 10.0 Å². The number of rotatable bonds is 8. The summed E-state index contributed by atoms with van der Waals surface area (Å²) in [5.74, 6) is 0.132. The van der Waals surface area contributed by atoms with E-state index in [0.29, 0.717) is 22.1 Å². The molecule has 168 valence electrons. The molecule has 0 radical (unpaired) electrons. The smallest absolute Gasteiger partial charge is 0.262 e. The van der Waals surface area contributed by atoms with E-state index in [4.69, 9.17) is 16.3 Å². The average molecular weight is 473 g/mol. The Hall–Kier alpha value is -3.03. The Labute approximate surface area is 193 Å². The first-order valence-corrected chi connectivity index (χ1v) is 12.2. The second-order valence-corrected chi connectivity index (χ2v) is 9.89. The summed E-state index contributed by atoms with van der Waals surface area (Å²) in [6, 6.07) is 19.6. The number of aryl methyl sites for hydroxylation is 2. The largest absolute Gasteiger partial charge is 0.484 e. The number of amides is 1. The van der Waals surface area contributed by atoms with Crippen LogP contribution in [0, 0.1) is 13.8 Å². The molecule has 0 saturated carbocycles. The fourth-order valence-corrected chi connectivity index (χ4v) is 4.09. The summed E-state index contributed by atoms with van der Waals surface area (Å²) in [7, 11) is -3.49. The van der Waals surface area contributed by atoms with Gasteiger partial charge in [-0.25, -0.2) is 8.42 Å². The summed E-state index contributed by atoms with van der Waals surface area (Å²) < 4.78 is 31.6. The maximum atomic E-state index is 12.4. The van der Waals surface area contributed by atoms with Gasteiger partial charge in [-0.2, -0.15) is 0 Å². The highest BCUT2D eigenvalue weighted by Gasteiger charge is 2.18. The van der Waals surface area contributed by atoms with Crippen LogP contribution in [0.15, 0.2) is 66.7 Å². The predicted molar refractivity (Wildman–Crippen MR) is 129 cm³/mol. The zero-order valence-electron chi connectivity index (χ0n) is 18.1. The molecule has 0 unspecified atom stereocenters. The van der Waals surface area contributed by atoms with E-state index in [1.54, 1.807) is 36.4 Å². The Morgan fingerprint density at radius 2 is 1.66 bits per heavy atom. The highest BCUT2D eigenvalue weighted by molar-refractivity contribution is 7.92. The lowest BCUT2D eigenvalue weighted by atomic mass is 10.1. The summed E-state index contributed by atoms with van der Waals surface area (Å²) in [6.07, 6.45) is 1.17. The molecule has 0 fully saturated rings. The molecule has 0 aliphatic heterocycles. The van der Waals surface area contributed by atoms with Crippen LogP contribution in [0.5, 0.6) is 5.75 Å². The van der Waals surface area contributed by atoms with Crippen molar-refractivity contribution in [2.75, 3.05) is 22.5 Å². The van der Waals surface area contributed by atoms with Crippen molar-refractivity contribution in [1.82, 2.24) is 0 Å². The van der Waals surface area contributed by atoms with Gasteiger partial charge in [0.1, 0.15) is 5.75 Å². The zero-order chi connectivity index (χ0) is 23.3. The van der Waals surface area contributed by atoms with Crippen LogP contribution in [-0.2, 0) is 21.4 Å². The molecule has 0 bridgehead atoms. The minimum absolute atomic E-state index is 0.190. The van der Waals surface area contributed by atoms with Crippen LogP contribution in [0.4, 0.5) is 11.4 Å². The molecule has 32 heavy (non-hydrogen) atoms. The first-order chi connectivity index (χ1) is 15.1. The number of hydrogen-bond donors (Lipinski definition) is 1. The van der Waals surface area contributed by atoms with E-state index in [2.05, 4.69) is 5.32 Å². The SMILES string of the molecule is Cc1ccc(CN(c2ccc(OCC(=O)Nc3cc(Cl)ccc3C)cc2)S(C)(=O)=O)cc1. The Morgan fingerprint density at radius 3 is 2.28 bits per heavy atom. The van der Waals surface area contributed by atoms with Gasteiger partial charge in [0.25, 0.3) is 5.91 Å². The van der Waals surface area contributed by atoms with Gasteiger partial charge in [-0.05, 0) is 61.4 Å². The van der Waals surface area contributed by atoms with E-state index >= 15 is 0 Å². The van der Waals surface area contributed by atoms with E-state index in [9.17, 15) is 13.2 Å². The number of hydrogen-bond acceptors (Lipinski definition) is 4. The lowest BCUT2D eigenvalue weighted by Crippen LogP contribution is -2.29. The molecule has 1 amide bonds. The third kappa shape index (κ3) is 6.48. The van der Waals surface area contributed by atoms with Crippen molar-refractivity contribution in [3.05, 3.63) is 88.4 Å². The molecule has 0 saturated heterocycles. The highest BCUT2D eigenvalue weighted by atomic mass is 35.5. The number of nitrogens with zero attached hydrogens (tertiary/aromatic N) is 1. The summed E-state index contributed by atoms with van der Waals surface area (Å²) in [5, 5.41) is 3.30. The number of benzene rings is 3. The molecular formula is C24H25ClN2O4S. The molecule has 3 rings (SSSR count). The quantitative estimate of drug-likeness (QED) is 0.503. The molecule has 0 heterocycles. The molecule has 0 atom stereocenters. The third-order valence-corrected chi connectivity index (χ3v) is 6.19. The van der Waals surface area contributed by atoms with Gasteiger partial charge in [0.2, 0.25) is 10.0 Å². The van der Waals surface area contributed by atoms with Crippen LogP contribution in [-0.4, -0.2) is 27.2 Å². The monoisotopic (exact) mass is 472 g/mol. The Bertz CT molecular complexity index is 1190. The number of halogens is 1. The van der Waals surface area contributed by atoms with Crippen LogP contribution < -0.4 is 14.4 Å². The Balaban J connectivity index is 1.65. The second-order valence-electron chi connectivity index (χ2n) is 7.55. The van der Waals surface area contributed by atoms with Gasteiger partial charge in [0.15, 0.2) is 6.61 Å². The van der Waals surface area contributed by atoms with Crippen molar-refractivity contribution < 1.29 is 17.9 Å². The number of carbonyl (C=O) groups excluding carboxylic acids is 1. The normalized spacial score (nSPS) is 11.1. The minimum atomic E-state index is -3.49. The van der Waals surface area contributed by atoms with Crippen LogP contribution in [0.2, 0.25) is 5.02 Å². The van der Waals surface area contributed by atoms with Crippen molar-refractivity contribution >= 4 is 38.9 Å². The lowest BCUT2D eigenvalue weighted by Gasteiger charge is -2.23. The van der Waals surface area contributed by atoms with Crippen LogP contribution in [0.1, 0.15) is 16.7 Å². The van der Waals surface area contributed by atoms with Crippen LogP contribution >= 0.6 is 11.6 Å². The predicted octanol–water partition coefficient (Wildman–Crippen LogP) is 4.94. The van der Waals surface area contributed by atoms with Crippen molar-refractivity contribution in [2.24, 2.45) is 0 Å². The van der Waals surface area contributed by atoms with Crippen molar-refractivity contribution in [3.8, 4) is 5.75 Å². The zero-order valence-corrected chi connectivity index (χ0v) is 19.7. The fourth-order valence-electron chi connectivity index (χ4n) is 3.03. The van der Waals surface area contributed by atoms with Gasteiger partial charge in [0, 0.05) is 10.7 Å². The summed E-state index contributed by atoms with van der Waals surface area (Å²) in [4.78, 5) is 12.2. The second kappa shape index (κ2) is 10.1. The van der Waals surface area contributed by atoms with Crippen LogP contribution in [0.25, 0.3) is 0 Å². The van der Waals surface area contributed by atoms with E-state index in [1.165, 1.54) is 10.6 Å². The van der Waals surface area contributed by atoms with Gasteiger partial charge < -0.3 is 10.1 Å². The third-order valence-electron chi connectivity index (χ3n) is 4.82. The average Bonchev–Trinajstić information content (AvgIpc) is 2.74. The number of ether oxygens (including phenoxy) is 1. The molecule has 0 aromatic heterocycles. The number of nitrogens with one attached hydrogen (secondary N) is 1. The lowest BCUT2D eigenvalue weighted by molar-refractivity contribution is -0.118. The number of anilines is 2. The Morgan fingerprint density at radius 1 is 1.00 bits per heavy atom. The molecule has 3 aromatic carbocycles. The number of carbonyl (C=O) groups is 1. The van der Waals surface area contributed by atoms with Gasteiger partial charge in [-0.1, -0.05) is 47.5 Å². The van der Waals surface area contributed by atoms with E-state index in [-0.39, 0.29) is 19.1 Å². The first kappa shape index (κ1) is 23.6. The van der Waals surface area contributed by atoms with Crippen molar-refractivity contribution in [3.63, 3.8) is 0 Å². The van der Waals surface area contributed by atoms with Gasteiger partial charge >= 0.3 is 0 Å². The molecule has 0 aliphatic carbocycles. The van der Waals surface area contributed by atoms with Crippen LogP contribution in [0.3, 0.4) is 0 Å². The van der Waals surface area contributed by atoms with E-state index in [0.717, 1.165) is 16.7 Å². The molecule has 3 aromatic rings. The van der Waals surface area contributed by atoms with Gasteiger partial charge in [0.05, 0.1) is 18.5 Å².